The van der Waals surface area contributed by atoms with E-state index in [9.17, 15) is 19.5 Å². The lowest BCUT2D eigenvalue weighted by Gasteiger charge is -2.50. The monoisotopic (exact) mass is 687 g/mol. The zero-order valence-corrected chi connectivity index (χ0v) is 28.6. The molecule has 2 aliphatic carbocycles. The molecular weight excluding hydrogens is 651 g/mol. The average Bonchev–Trinajstić information content (AvgIpc) is 3.79. The molecule has 3 fully saturated rings. The molecule has 3 heterocycles. The summed E-state index contributed by atoms with van der Waals surface area (Å²) in [6.07, 6.45) is 2.50. The molecule has 8 rings (SSSR count). The highest BCUT2D eigenvalue weighted by Crippen LogP contribution is 2.65. The topological polar surface area (TPSA) is 116 Å². The Morgan fingerprint density at radius 3 is 2.40 bits per heavy atom. The molecule has 0 bridgehead atoms. The molecular formula is C40H37N3O6S. The smallest absolute Gasteiger partial charge is 0.260 e. The number of carbonyl (C=O) groups is 4. The minimum Gasteiger partial charge on any atom is -0.504 e. The maximum atomic E-state index is 15.3. The van der Waals surface area contributed by atoms with Crippen LogP contribution in [0.3, 0.4) is 0 Å². The highest BCUT2D eigenvalue weighted by molar-refractivity contribution is 7.09. The van der Waals surface area contributed by atoms with Gasteiger partial charge in [-0.3, -0.25) is 29.5 Å². The van der Waals surface area contributed by atoms with E-state index in [4.69, 9.17) is 4.74 Å². The number of carbonyl (C=O) groups excluding carboxylic acids is 4. The standard InChI is InChI=1S/C40H37N3O6S/c1-3-49-32-13-7-12-29(35(32)44)34-27-18-19-28-33(38(47)42(36(28)45)22-26-11-8-20-50-26)30(27)21-31-37(46)43(41-25-16-14-23(2)15-17-25)39(48)40(31,34)24-9-5-4-6-10-24/h4-18,20,28,30-31,33-34,41,44H,3,19,21-22H2,1-2H3/t28-,30+,31-,33-,34+,40+/m0/s1. The van der Waals surface area contributed by atoms with Crippen LogP contribution in [0, 0.1) is 30.6 Å². The third-order valence-corrected chi connectivity index (χ3v) is 11.9. The summed E-state index contributed by atoms with van der Waals surface area (Å²) in [7, 11) is 0. The van der Waals surface area contributed by atoms with E-state index < -0.39 is 46.8 Å². The first-order valence-electron chi connectivity index (χ1n) is 17.0. The van der Waals surface area contributed by atoms with Crippen LogP contribution in [0.25, 0.3) is 0 Å². The minimum atomic E-state index is -1.48. The van der Waals surface area contributed by atoms with Gasteiger partial charge >= 0.3 is 0 Å². The largest absolute Gasteiger partial charge is 0.504 e. The van der Waals surface area contributed by atoms with Crippen LogP contribution < -0.4 is 10.2 Å². The van der Waals surface area contributed by atoms with E-state index >= 15 is 4.79 Å². The number of hydrogen-bond donors (Lipinski definition) is 2. The summed E-state index contributed by atoms with van der Waals surface area (Å²) in [5.74, 6) is -4.72. The predicted molar refractivity (Wildman–Crippen MR) is 188 cm³/mol. The molecule has 0 unspecified atom stereocenters. The van der Waals surface area contributed by atoms with E-state index in [-0.39, 0.29) is 36.3 Å². The van der Waals surface area contributed by atoms with Gasteiger partial charge in [-0.05, 0) is 67.8 Å². The van der Waals surface area contributed by atoms with Gasteiger partial charge in [0.1, 0.15) is 0 Å². The number of thiophene rings is 1. The SMILES string of the molecule is CCOc1cccc([C@H]2C3=CC[C@@H]4C(=O)N(Cc5cccs5)C(=O)[C@@H]4[C@@H]3C[C@H]3C(=O)N(Nc4ccc(C)cc4)C(=O)[C@@]23c2ccccc2)c1O. The first kappa shape index (κ1) is 32.0. The maximum absolute atomic E-state index is 15.3. The quantitative estimate of drug-likeness (QED) is 0.164. The third kappa shape index (κ3) is 4.72. The van der Waals surface area contributed by atoms with Gasteiger partial charge in [0.05, 0.1) is 42.0 Å². The molecule has 10 heteroatoms. The summed E-state index contributed by atoms with van der Waals surface area (Å²) in [5, 5.41) is 14.9. The van der Waals surface area contributed by atoms with E-state index in [1.807, 2.05) is 92.0 Å². The Morgan fingerprint density at radius 1 is 0.900 bits per heavy atom. The number of phenolic OH excluding ortho intramolecular Hbond substituents is 1. The molecule has 1 aromatic heterocycles. The molecule has 4 amide bonds. The number of hydrogen-bond acceptors (Lipinski definition) is 8. The van der Waals surface area contributed by atoms with Gasteiger partial charge < -0.3 is 9.84 Å². The molecule has 2 N–H and O–H groups in total. The number of fused-ring (bicyclic) bond motifs is 4. The molecule has 2 aliphatic heterocycles. The lowest BCUT2D eigenvalue weighted by Crippen LogP contribution is -2.53. The summed E-state index contributed by atoms with van der Waals surface area (Å²) in [5.41, 5.74) is 5.10. The highest BCUT2D eigenvalue weighted by atomic mass is 32.1. The van der Waals surface area contributed by atoms with Crippen molar-refractivity contribution < 1.29 is 29.0 Å². The number of anilines is 1. The second kappa shape index (κ2) is 12.3. The van der Waals surface area contributed by atoms with E-state index in [1.165, 1.54) is 16.2 Å². The van der Waals surface area contributed by atoms with E-state index in [1.54, 1.807) is 18.2 Å². The molecule has 0 spiro atoms. The molecule has 4 aromatic rings. The van der Waals surface area contributed by atoms with Gasteiger partial charge in [0, 0.05) is 16.4 Å². The summed E-state index contributed by atoms with van der Waals surface area (Å²) < 4.78 is 5.83. The van der Waals surface area contributed by atoms with E-state index in [0.717, 1.165) is 21.0 Å². The maximum Gasteiger partial charge on any atom is 0.260 e. The molecule has 50 heavy (non-hydrogen) atoms. The number of aryl methyl sites for hydroxylation is 1. The Morgan fingerprint density at radius 2 is 1.68 bits per heavy atom. The minimum absolute atomic E-state index is 0.115. The number of aromatic hydroxyl groups is 1. The number of allylic oxidation sites excluding steroid dienone is 2. The van der Waals surface area contributed by atoms with Gasteiger partial charge in [0.2, 0.25) is 11.8 Å². The van der Waals surface area contributed by atoms with Crippen LogP contribution >= 0.6 is 11.3 Å². The number of phenols is 1. The molecule has 254 valence electrons. The van der Waals surface area contributed by atoms with Gasteiger partial charge in [-0.2, -0.15) is 5.01 Å². The van der Waals surface area contributed by atoms with Crippen LogP contribution in [0.15, 0.2) is 102 Å². The number of para-hydroxylation sites is 1. The van der Waals surface area contributed by atoms with Crippen molar-refractivity contribution >= 4 is 40.7 Å². The summed E-state index contributed by atoms with van der Waals surface area (Å²) in [4.78, 5) is 60.6. The van der Waals surface area contributed by atoms with Crippen molar-refractivity contribution in [1.29, 1.82) is 0 Å². The van der Waals surface area contributed by atoms with Crippen molar-refractivity contribution in [1.82, 2.24) is 9.91 Å². The fourth-order valence-electron chi connectivity index (χ4n) is 8.92. The Labute approximate surface area is 294 Å². The number of likely N-dealkylation sites (tertiary alicyclic amines) is 1. The molecule has 4 aliphatic rings. The summed E-state index contributed by atoms with van der Waals surface area (Å²) >= 11 is 1.49. The van der Waals surface area contributed by atoms with Crippen molar-refractivity contribution in [3.8, 4) is 11.5 Å². The van der Waals surface area contributed by atoms with Crippen LogP contribution in [0.5, 0.6) is 11.5 Å². The Kier molecular flexibility index (Phi) is 7.86. The first-order valence-corrected chi connectivity index (χ1v) is 17.9. The number of benzene rings is 3. The van der Waals surface area contributed by atoms with Gasteiger partial charge in [0.25, 0.3) is 11.8 Å². The van der Waals surface area contributed by atoms with Crippen LogP contribution in [-0.4, -0.2) is 45.3 Å². The van der Waals surface area contributed by atoms with Crippen LogP contribution in [-0.2, 0) is 31.1 Å². The number of nitrogens with zero attached hydrogens (tertiary/aromatic N) is 2. The normalized spacial score (nSPS) is 27.2. The molecule has 0 radical (unpaired) electrons. The number of amides is 4. The van der Waals surface area contributed by atoms with E-state index in [0.29, 0.717) is 29.8 Å². The van der Waals surface area contributed by atoms with Crippen molar-refractivity contribution in [3.05, 3.63) is 124 Å². The van der Waals surface area contributed by atoms with Gasteiger partial charge in [-0.1, -0.05) is 77.9 Å². The van der Waals surface area contributed by atoms with Gasteiger partial charge in [-0.25, -0.2) is 0 Å². The van der Waals surface area contributed by atoms with Crippen molar-refractivity contribution in [2.75, 3.05) is 12.0 Å². The summed E-state index contributed by atoms with van der Waals surface area (Å²) in [6, 6.07) is 25.8. The van der Waals surface area contributed by atoms with Crippen LogP contribution in [0.2, 0.25) is 0 Å². The molecule has 2 saturated heterocycles. The van der Waals surface area contributed by atoms with Crippen molar-refractivity contribution in [2.45, 2.75) is 44.6 Å². The first-order chi connectivity index (χ1) is 24.2. The second-order valence-electron chi connectivity index (χ2n) is 13.6. The lowest BCUT2D eigenvalue weighted by atomic mass is 9.49. The van der Waals surface area contributed by atoms with E-state index in [2.05, 4.69) is 5.43 Å². The zero-order chi connectivity index (χ0) is 34.7. The highest BCUT2D eigenvalue weighted by Gasteiger charge is 2.70. The Balaban J connectivity index is 1.32. The number of rotatable bonds is 8. The number of ether oxygens (including phenoxy) is 1. The van der Waals surface area contributed by atoms with Crippen molar-refractivity contribution in [2.24, 2.45) is 23.7 Å². The number of hydrazine groups is 1. The number of imide groups is 2. The zero-order valence-electron chi connectivity index (χ0n) is 27.7. The lowest BCUT2D eigenvalue weighted by molar-refractivity contribution is -0.141. The Bertz CT molecular complexity index is 2030. The fraction of sp³-hybridized carbons (Fsp3) is 0.300. The molecule has 1 saturated carbocycles. The number of nitrogens with one attached hydrogen (secondary N) is 1. The molecule has 6 atom stereocenters. The summed E-state index contributed by atoms with van der Waals surface area (Å²) in [6.45, 7) is 4.30. The van der Waals surface area contributed by atoms with Crippen LogP contribution in [0.4, 0.5) is 5.69 Å². The molecule has 3 aromatic carbocycles. The van der Waals surface area contributed by atoms with Gasteiger partial charge in [0.15, 0.2) is 11.5 Å². The molecule has 9 nitrogen and oxygen atoms in total. The Hall–Kier alpha value is -5.22. The predicted octanol–water partition coefficient (Wildman–Crippen LogP) is 6.35. The van der Waals surface area contributed by atoms with Gasteiger partial charge in [-0.15, -0.1) is 11.3 Å². The van der Waals surface area contributed by atoms with Crippen molar-refractivity contribution in [3.63, 3.8) is 0 Å². The van der Waals surface area contributed by atoms with Crippen LogP contribution in [0.1, 0.15) is 47.3 Å². The second-order valence-corrected chi connectivity index (χ2v) is 14.6. The average molecular weight is 688 g/mol. The third-order valence-electron chi connectivity index (χ3n) is 11.0. The fourth-order valence-corrected chi connectivity index (χ4v) is 9.61.